The minimum atomic E-state index is -0.422. The SMILES string of the molecule is O[C@@H]1CCN([C@H]2Cc3c(Cl)cc(Cl)cc3[C@@H]2Oc2ccc(N3C=CNC3)cc2F)C1. The quantitative estimate of drug-likeness (QED) is 0.736. The molecule has 0 saturated carbocycles. The van der Waals surface area contributed by atoms with E-state index in [1.54, 1.807) is 12.1 Å². The minimum absolute atomic E-state index is 0.0436. The predicted octanol–water partition coefficient (Wildman–Crippen LogP) is 4.08. The van der Waals surface area contributed by atoms with Gasteiger partial charge in [0.15, 0.2) is 11.6 Å². The van der Waals surface area contributed by atoms with Crippen LogP contribution in [0.3, 0.4) is 0 Å². The minimum Gasteiger partial charge on any atom is -0.481 e. The summed E-state index contributed by atoms with van der Waals surface area (Å²) in [7, 11) is 0. The number of fused-ring (bicyclic) bond motifs is 1. The van der Waals surface area contributed by atoms with Gasteiger partial charge in [0, 0.05) is 52.9 Å². The summed E-state index contributed by atoms with van der Waals surface area (Å²) in [5.41, 5.74) is 2.61. The van der Waals surface area contributed by atoms with Crippen molar-refractivity contribution in [3.05, 3.63) is 69.7 Å². The lowest BCUT2D eigenvalue weighted by Crippen LogP contribution is -2.39. The Morgan fingerprint density at radius 2 is 2.07 bits per heavy atom. The van der Waals surface area contributed by atoms with E-state index in [9.17, 15) is 9.50 Å². The molecule has 0 bridgehead atoms. The fourth-order valence-corrected chi connectivity index (χ4v) is 5.16. The van der Waals surface area contributed by atoms with Crippen LogP contribution >= 0.6 is 23.2 Å². The molecule has 5 rings (SSSR count). The van der Waals surface area contributed by atoms with Crippen molar-refractivity contribution in [3.63, 3.8) is 0 Å². The standard InChI is InChI=1S/C22H22Cl2FN3O2/c23-13-7-17-16(18(24)8-13)10-20(27-5-3-15(29)11-27)22(17)30-21-2-1-14(9-19(21)25)28-6-4-26-12-28/h1-2,4,6-9,15,20,22,26,29H,3,5,10-12H2/t15-,20+,22+/m1/s1. The number of ether oxygens (including phenoxy) is 1. The first kappa shape index (κ1) is 19.9. The number of hydrogen-bond donors (Lipinski definition) is 2. The molecule has 30 heavy (non-hydrogen) atoms. The zero-order chi connectivity index (χ0) is 20.8. The number of likely N-dealkylation sites (tertiary alicyclic amines) is 1. The first-order valence-corrected chi connectivity index (χ1v) is 10.8. The van der Waals surface area contributed by atoms with Crippen LogP contribution in [-0.2, 0) is 6.42 Å². The van der Waals surface area contributed by atoms with Crippen LogP contribution in [0.5, 0.6) is 5.75 Å². The van der Waals surface area contributed by atoms with Gasteiger partial charge in [-0.1, -0.05) is 23.2 Å². The number of benzene rings is 2. The number of nitrogens with one attached hydrogen (secondary N) is 1. The van der Waals surface area contributed by atoms with E-state index < -0.39 is 11.9 Å². The van der Waals surface area contributed by atoms with Crippen molar-refractivity contribution in [2.45, 2.75) is 31.1 Å². The molecular formula is C22H22Cl2FN3O2. The Morgan fingerprint density at radius 1 is 1.20 bits per heavy atom. The molecule has 1 saturated heterocycles. The second kappa shape index (κ2) is 7.93. The van der Waals surface area contributed by atoms with Gasteiger partial charge in [-0.3, -0.25) is 4.90 Å². The second-order valence-corrected chi connectivity index (χ2v) is 8.81. The van der Waals surface area contributed by atoms with Gasteiger partial charge >= 0.3 is 0 Å². The molecule has 1 fully saturated rings. The average Bonchev–Trinajstić information content (AvgIpc) is 3.44. The lowest BCUT2D eigenvalue weighted by atomic mass is 10.1. The van der Waals surface area contributed by atoms with E-state index in [0.717, 1.165) is 23.4 Å². The van der Waals surface area contributed by atoms with E-state index in [2.05, 4.69) is 10.2 Å². The van der Waals surface area contributed by atoms with Crippen LogP contribution in [-0.4, -0.2) is 41.9 Å². The van der Waals surface area contributed by atoms with E-state index >= 15 is 0 Å². The summed E-state index contributed by atoms with van der Waals surface area (Å²) in [5.74, 6) is -0.233. The molecule has 0 amide bonds. The first-order chi connectivity index (χ1) is 14.5. The van der Waals surface area contributed by atoms with Gasteiger partial charge in [0.1, 0.15) is 6.10 Å². The van der Waals surface area contributed by atoms with E-state index in [1.165, 1.54) is 6.07 Å². The van der Waals surface area contributed by atoms with Gasteiger partial charge in [0.2, 0.25) is 0 Å². The average molecular weight is 450 g/mol. The molecule has 0 spiro atoms. The van der Waals surface area contributed by atoms with Crippen LogP contribution in [0.1, 0.15) is 23.7 Å². The third kappa shape index (κ3) is 3.62. The van der Waals surface area contributed by atoms with Crippen LogP contribution in [0.4, 0.5) is 10.1 Å². The molecule has 8 heteroatoms. The molecule has 2 aromatic carbocycles. The largest absolute Gasteiger partial charge is 0.481 e. The van der Waals surface area contributed by atoms with Crippen molar-refractivity contribution in [1.82, 2.24) is 10.2 Å². The molecule has 0 aromatic heterocycles. The van der Waals surface area contributed by atoms with E-state index in [1.807, 2.05) is 29.4 Å². The normalized spacial score (nSPS) is 25.6. The number of anilines is 1. The summed E-state index contributed by atoms with van der Waals surface area (Å²) in [5, 5.41) is 14.2. The van der Waals surface area contributed by atoms with Gasteiger partial charge in [-0.2, -0.15) is 0 Å². The maximum Gasteiger partial charge on any atom is 0.167 e. The van der Waals surface area contributed by atoms with Gasteiger partial charge in [-0.05, 0) is 42.7 Å². The fraction of sp³-hybridized carbons (Fsp3) is 0.364. The second-order valence-electron chi connectivity index (χ2n) is 7.97. The summed E-state index contributed by atoms with van der Waals surface area (Å²) in [6, 6.07) is 8.52. The molecule has 2 N–H and O–H groups in total. The number of β-amino-alcohol motifs (C(OH)–C–C–N with tert-alkyl or cyclic N) is 1. The van der Waals surface area contributed by atoms with Crippen LogP contribution in [0.25, 0.3) is 0 Å². The predicted molar refractivity (Wildman–Crippen MR) is 116 cm³/mol. The van der Waals surface area contributed by atoms with E-state index in [4.69, 9.17) is 27.9 Å². The molecular weight excluding hydrogens is 428 g/mol. The highest BCUT2D eigenvalue weighted by molar-refractivity contribution is 6.35. The first-order valence-electron chi connectivity index (χ1n) is 10.0. The molecule has 2 aliphatic heterocycles. The number of hydrogen-bond acceptors (Lipinski definition) is 5. The molecule has 1 aliphatic carbocycles. The Hall–Kier alpha value is -1.99. The Kier molecular flexibility index (Phi) is 5.27. The zero-order valence-corrected chi connectivity index (χ0v) is 17.7. The third-order valence-corrected chi connectivity index (χ3v) is 6.62. The monoisotopic (exact) mass is 449 g/mol. The Morgan fingerprint density at radius 3 is 2.77 bits per heavy atom. The summed E-state index contributed by atoms with van der Waals surface area (Å²) in [4.78, 5) is 4.11. The highest BCUT2D eigenvalue weighted by atomic mass is 35.5. The summed E-state index contributed by atoms with van der Waals surface area (Å²) < 4.78 is 21.2. The fourth-order valence-electron chi connectivity index (χ4n) is 4.57. The molecule has 0 radical (unpaired) electrons. The maximum atomic E-state index is 15.0. The van der Waals surface area contributed by atoms with Gasteiger partial charge < -0.3 is 20.1 Å². The third-order valence-electron chi connectivity index (χ3n) is 6.06. The van der Waals surface area contributed by atoms with E-state index in [0.29, 0.717) is 36.1 Å². The number of aliphatic hydroxyl groups excluding tert-OH is 1. The van der Waals surface area contributed by atoms with Crippen molar-refractivity contribution < 1.29 is 14.2 Å². The Bertz CT molecular complexity index is 1000. The molecule has 158 valence electrons. The number of aliphatic hydroxyl groups is 1. The van der Waals surface area contributed by atoms with Crippen LogP contribution < -0.4 is 15.0 Å². The van der Waals surface area contributed by atoms with Crippen molar-refractivity contribution in [2.24, 2.45) is 0 Å². The molecule has 3 aliphatic rings. The highest BCUT2D eigenvalue weighted by Crippen LogP contribution is 2.44. The number of halogens is 3. The zero-order valence-electron chi connectivity index (χ0n) is 16.2. The van der Waals surface area contributed by atoms with Crippen molar-refractivity contribution in [3.8, 4) is 5.75 Å². The summed E-state index contributed by atoms with van der Waals surface area (Å²) in [6.07, 6.45) is 4.30. The number of nitrogens with zero attached hydrogens (tertiary/aromatic N) is 2. The molecule has 5 nitrogen and oxygen atoms in total. The molecule has 0 unspecified atom stereocenters. The lowest BCUT2D eigenvalue weighted by molar-refractivity contribution is 0.0791. The van der Waals surface area contributed by atoms with E-state index in [-0.39, 0.29) is 17.9 Å². The van der Waals surface area contributed by atoms with Crippen molar-refractivity contribution in [2.75, 3.05) is 24.7 Å². The van der Waals surface area contributed by atoms with Gasteiger partial charge in [0.05, 0.1) is 18.8 Å². The summed E-state index contributed by atoms with van der Waals surface area (Å²) in [6.45, 7) is 1.94. The van der Waals surface area contributed by atoms with Crippen LogP contribution in [0, 0.1) is 5.82 Å². The molecule has 3 atom stereocenters. The Balaban J connectivity index is 1.47. The smallest absolute Gasteiger partial charge is 0.167 e. The van der Waals surface area contributed by atoms with Crippen LogP contribution in [0.2, 0.25) is 10.0 Å². The van der Waals surface area contributed by atoms with Gasteiger partial charge in [-0.15, -0.1) is 0 Å². The van der Waals surface area contributed by atoms with Gasteiger partial charge in [0.25, 0.3) is 0 Å². The van der Waals surface area contributed by atoms with Gasteiger partial charge in [-0.25, -0.2) is 4.39 Å². The Labute approximate surface area is 184 Å². The topological polar surface area (TPSA) is 48.0 Å². The van der Waals surface area contributed by atoms with Crippen molar-refractivity contribution >= 4 is 28.9 Å². The highest BCUT2D eigenvalue weighted by Gasteiger charge is 2.42. The molecule has 2 aromatic rings. The molecule has 2 heterocycles. The lowest BCUT2D eigenvalue weighted by Gasteiger charge is -2.30. The summed E-state index contributed by atoms with van der Waals surface area (Å²) >= 11 is 12.7. The van der Waals surface area contributed by atoms with Crippen molar-refractivity contribution in [1.29, 1.82) is 0 Å². The maximum absolute atomic E-state index is 15.0. The number of rotatable bonds is 4. The van der Waals surface area contributed by atoms with Crippen LogP contribution in [0.15, 0.2) is 42.7 Å².